The lowest BCUT2D eigenvalue weighted by Gasteiger charge is -2.10. The van der Waals surface area contributed by atoms with Gasteiger partial charge in [0.15, 0.2) is 0 Å². The summed E-state index contributed by atoms with van der Waals surface area (Å²) in [5.41, 5.74) is 2.16. The zero-order chi connectivity index (χ0) is 21.1. The number of amides is 3. The van der Waals surface area contributed by atoms with Crippen molar-refractivity contribution in [3.8, 4) is 5.75 Å². The molecular formula is C24H21BrN2O3. The Morgan fingerprint density at radius 3 is 2.60 bits per heavy atom. The lowest BCUT2D eigenvalue weighted by Crippen LogP contribution is -2.31. The van der Waals surface area contributed by atoms with E-state index in [1.807, 2.05) is 37.3 Å². The number of imide groups is 1. The first-order chi connectivity index (χ1) is 14.5. The van der Waals surface area contributed by atoms with Crippen LogP contribution in [0.2, 0.25) is 0 Å². The summed E-state index contributed by atoms with van der Waals surface area (Å²) in [6, 6.07) is 19.7. The quantitative estimate of drug-likeness (QED) is 0.387. The Kier molecular flexibility index (Phi) is 5.86. The van der Waals surface area contributed by atoms with Crippen molar-refractivity contribution in [3.63, 3.8) is 0 Å². The molecule has 1 heterocycles. The molecule has 1 aliphatic heterocycles. The lowest BCUT2D eigenvalue weighted by molar-refractivity contribution is -0.122. The van der Waals surface area contributed by atoms with E-state index in [1.165, 1.54) is 15.7 Å². The first-order valence-corrected chi connectivity index (χ1v) is 10.6. The summed E-state index contributed by atoms with van der Waals surface area (Å²) < 4.78 is 6.75. The van der Waals surface area contributed by atoms with Crippen LogP contribution in [0.5, 0.6) is 5.75 Å². The average Bonchev–Trinajstić information content (AvgIpc) is 3.00. The molecule has 0 atom stereocenters. The number of hydrogen-bond acceptors (Lipinski definition) is 3. The summed E-state index contributed by atoms with van der Waals surface area (Å²) in [5, 5.41) is 5.01. The molecule has 0 spiro atoms. The second-order valence-corrected chi connectivity index (χ2v) is 7.96. The number of fused-ring (bicyclic) bond motifs is 1. The van der Waals surface area contributed by atoms with Gasteiger partial charge in [-0.15, -0.1) is 0 Å². The minimum absolute atomic E-state index is 0.283. The number of rotatable bonds is 6. The van der Waals surface area contributed by atoms with Crippen molar-refractivity contribution in [2.75, 3.05) is 6.54 Å². The zero-order valence-corrected chi connectivity index (χ0v) is 18.1. The summed E-state index contributed by atoms with van der Waals surface area (Å²) in [7, 11) is 0. The molecule has 0 bridgehead atoms. The fraction of sp³-hybridized carbons (Fsp3) is 0.167. The van der Waals surface area contributed by atoms with E-state index >= 15 is 0 Å². The average molecular weight is 465 g/mol. The maximum atomic E-state index is 12.4. The highest BCUT2D eigenvalue weighted by Gasteiger charge is 2.32. The Bertz CT molecular complexity index is 1160. The van der Waals surface area contributed by atoms with Gasteiger partial charge in [0.1, 0.15) is 18.1 Å². The highest BCUT2D eigenvalue weighted by atomic mass is 79.9. The van der Waals surface area contributed by atoms with E-state index in [1.54, 1.807) is 6.08 Å². The Labute approximate surface area is 183 Å². The Morgan fingerprint density at radius 1 is 1.03 bits per heavy atom. The molecule has 4 rings (SSSR count). The molecule has 5 nitrogen and oxygen atoms in total. The van der Waals surface area contributed by atoms with Gasteiger partial charge in [-0.25, -0.2) is 4.79 Å². The predicted molar refractivity (Wildman–Crippen MR) is 121 cm³/mol. The summed E-state index contributed by atoms with van der Waals surface area (Å²) in [6.45, 7) is 2.79. The molecule has 1 aliphatic rings. The Morgan fingerprint density at radius 2 is 1.83 bits per heavy atom. The van der Waals surface area contributed by atoms with Crippen molar-refractivity contribution in [2.45, 2.75) is 20.0 Å². The van der Waals surface area contributed by atoms with Crippen LogP contribution >= 0.6 is 15.9 Å². The van der Waals surface area contributed by atoms with Crippen LogP contribution in [0.1, 0.15) is 24.5 Å². The van der Waals surface area contributed by atoms with E-state index in [4.69, 9.17) is 4.74 Å². The number of nitrogens with one attached hydrogen (secondary N) is 1. The monoisotopic (exact) mass is 464 g/mol. The van der Waals surface area contributed by atoms with E-state index in [0.717, 1.165) is 22.0 Å². The first-order valence-electron chi connectivity index (χ1n) is 9.79. The summed E-state index contributed by atoms with van der Waals surface area (Å²) >= 11 is 3.54. The molecular weight excluding hydrogens is 444 g/mol. The second-order valence-electron chi connectivity index (χ2n) is 7.10. The van der Waals surface area contributed by atoms with Gasteiger partial charge in [-0.2, -0.15) is 0 Å². The van der Waals surface area contributed by atoms with Crippen LogP contribution in [0.25, 0.3) is 16.8 Å². The van der Waals surface area contributed by atoms with Gasteiger partial charge in [-0.05, 0) is 68.5 Å². The van der Waals surface area contributed by atoms with E-state index in [-0.39, 0.29) is 17.6 Å². The van der Waals surface area contributed by atoms with Gasteiger partial charge in [0.05, 0.1) is 4.47 Å². The first kappa shape index (κ1) is 20.2. The molecule has 0 radical (unpaired) electrons. The van der Waals surface area contributed by atoms with Gasteiger partial charge < -0.3 is 10.1 Å². The van der Waals surface area contributed by atoms with Crippen LogP contribution in [0, 0.1) is 0 Å². The van der Waals surface area contributed by atoms with Crippen molar-refractivity contribution in [1.82, 2.24) is 10.2 Å². The number of carbonyl (C=O) groups is 2. The molecule has 1 fully saturated rings. The van der Waals surface area contributed by atoms with Gasteiger partial charge in [0.2, 0.25) is 0 Å². The van der Waals surface area contributed by atoms with Gasteiger partial charge in [-0.3, -0.25) is 9.69 Å². The SMILES string of the molecule is CCCN1C(=O)N/C(=C/c2ccc(OCc3ccc4ccccc4c3)c(Br)c2)C1=O. The van der Waals surface area contributed by atoms with E-state index in [0.29, 0.717) is 18.9 Å². The van der Waals surface area contributed by atoms with Crippen LogP contribution in [-0.4, -0.2) is 23.4 Å². The largest absolute Gasteiger partial charge is 0.488 e. The Balaban J connectivity index is 1.46. The molecule has 0 saturated carbocycles. The van der Waals surface area contributed by atoms with Crippen LogP contribution in [0.4, 0.5) is 4.79 Å². The standard InChI is InChI=1S/C24H21BrN2O3/c1-2-11-27-23(28)21(26-24(27)29)14-16-8-10-22(20(25)13-16)30-15-17-7-9-18-5-3-4-6-19(18)12-17/h3-10,12-14H,2,11,15H2,1H3,(H,26,29)/b21-14+. The highest BCUT2D eigenvalue weighted by molar-refractivity contribution is 9.10. The fourth-order valence-electron chi connectivity index (χ4n) is 3.38. The summed E-state index contributed by atoms with van der Waals surface area (Å²) in [4.78, 5) is 25.5. The van der Waals surface area contributed by atoms with Gasteiger partial charge in [-0.1, -0.05) is 49.4 Å². The molecule has 1 N–H and O–H groups in total. The second kappa shape index (κ2) is 8.71. The number of halogens is 1. The minimum Gasteiger partial charge on any atom is -0.488 e. The maximum Gasteiger partial charge on any atom is 0.329 e. The van der Waals surface area contributed by atoms with E-state index in [9.17, 15) is 9.59 Å². The van der Waals surface area contributed by atoms with Crippen LogP contribution in [0.15, 0.2) is 70.8 Å². The molecule has 3 amide bonds. The molecule has 3 aromatic rings. The normalized spacial score (nSPS) is 15.1. The molecule has 0 unspecified atom stereocenters. The Hall–Kier alpha value is -3.12. The van der Waals surface area contributed by atoms with Gasteiger partial charge in [0, 0.05) is 6.54 Å². The molecule has 0 aromatic heterocycles. The highest BCUT2D eigenvalue weighted by Crippen LogP contribution is 2.28. The van der Waals surface area contributed by atoms with Gasteiger partial charge >= 0.3 is 6.03 Å². The third-order valence-electron chi connectivity index (χ3n) is 4.88. The summed E-state index contributed by atoms with van der Waals surface area (Å²) in [5.74, 6) is 0.411. The molecule has 0 aliphatic carbocycles. The number of benzene rings is 3. The molecule has 6 heteroatoms. The number of carbonyl (C=O) groups excluding carboxylic acids is 2. The third-order valence-corrected chi connectivity index (χ3v) is 5.50. The molecule has 3 aromatic carbocycles. The third kappa shape index (κ3) is 4.24. The molecule has 30 heavy (non-hydrogen) atoms. The van der Waals surface area contributed by atoms with Crippen molar-refractivity contribution in [1.29, 1.82) is 0 Å². The van der Waals surface area contributed by atoms with Crippen LogP contribution < -0.4 is 10.1 Å². The van der Waals surface area contributed by atoms with Crippen molar-refractivity contribution in [2.24, 2.45) is 0 Å². The predicted octanol–water partition coefficient (Wildman–Crippen LogP) is 5.48. The minimum atomic E-state index is -0.373. The molecule has 152 valence electrons. The number of urea groups is 1. The smallest absolute Gasteiger partial charge is 0.329 e. The van der Waals surface area contributed by atoms with Crippen molar-refractivity contribution < 1.29 is 14.3 Å². The van der Waals surface area contributed by atoms with Crippen molar-refractivity contribution in [3.05, 3.63) is 82.0 Å². The lowest BCUT2D eigenvalue weighted by atomic mass is 10.1. The van der Waals surface area contributed by atoms with Crippen molar-refractivity contribution >= 4 is 44.7 Å². The maximum absolute atomic E-state index is 12.4. The van der Waals surface area contributed by atoms with E-state index in [2.05, 4.69) is 51.6 Å². The zero-order valence-electron chi connectivity index (χ0n) is 16.5. The van der Waals surface area contributed by atoms with Crippen LogP contribution in [-0.2, 0) is 11.4 Å². The van der Waals surface area contributed by atoms with Crippen LogP contribution in [0.3, 0.4) is 0 Å². The number of ether oxygens (including phenoxy) is 1. The van der Waals surface area contributed by atoms with Gasteiger partial charge in [0.25, 0.3) is 5.91 Å². The fourth-order valence-corrected chi connectivity index (χ4v) is 3.89. The summed E-state index contributed by atoms with van der Waals surface area (Å²) in [6.07, 6.45) is 2.40. The topological polar surface area (TPSA) is 58.6 Å². The van der Waals surface area contributed by atoms with E-state index < -0.39 is 0 Å². The number of hydrogen-bond donors (Lipinski definition) is 1. The molecule has 1 saturated heterocycles. The number of nitrogens with zero attached hydrogens (tertiary/aromatic N) is 1.